The fourth-order valence-corrected chi connectivity index (χ4v) is 1.94. The molecular weight excluding hydrogens is 188 g/mol. The van der Waals surface area contributed by atoms with Crippen molar-refractivity contribution in [3.63, 3.8) is 0 Å². The maximum absolute atomic E-state index is 11.9. The molecule has 1 N–H and O–H groups in total. The number of carbonyl (C=O) groups excluding carboxylic acids is 1. The van der Waals surface area contributed by atoms with Crippen LogP contribution in [0.15, 0.2) is 0 Å². The molecule has 84 valence electrons. The molecule has 1 unspecified atom stereocenters. The first-order valence-electron chi connectivity index (χ1n) is 5.69. The Morgan fingerprint density at radius 1 is 1.67 bits per heavy atom. The molecule has 1 aliphatic rings. The molecule has 3 nitrogen and oxygen atoms in total. The van der Waals surface area contributed by atoms with Crippen molar-refractivity contribution in [2.24, 2.45) is 5.92 Å². The fourth-order valence-electron chi connectivity index (χ4n) is 1.94. The van der Waals surface area contributed by atoms with Crippen LogP contribution in [0.5, 0.6) is 0 Å². The molecule has 1 amide bonds. The van der Waals surface area contributed by atoms with Crippen LogP contribution >= 0.6 is 0 Å². The second-order valence-corrected chi connectivity index (χ2v) is 4.08. The highest BCUT2D eigenvalue weighted by Gasteiger charge is 2.20. The van der Waals surface area contributed by atoms with Crippen LogP contribution in [-0.4, -0.2) is 37.0 Å². The van der Waals surface area contributed by atoms with Crippen molar-refractivity contribution in [2.45, 2.75) is 26.2 Å². The predicted molar refractivity (Wildman–Crippen MR) is 61.3 cm³/mol. The van der Waals surface area contributed by atoms with Gasteiger partial charge in [0.15, 0.2) is 0 Å². The van der Waals surface area contributed by atoms with E-state index in [1.165, 1.54) is 0 Å². The van der Waals surface area contributed by atoms with E-state index >= 15 is 0 Å². The standard InChI is InChI=1S/C12H20N2O/c1-3-7-14(8-4-2)12(15)9-11-5-6-13-10-11/h1,11,13H,4-10H2,2H3. The van der Waals surface area contributed by atoms with Gasteiger partial charge in [-0.25, -0.2) is 0 Å². The smallest absolute Gasteiger partial charge is 0.223 e. The van der Waals surface area contributed by atoms with Gasteiger partial charge in [-0.1, -0.05) is 12.8 Å². The van der Waals surface area contributed by atoms with Crippen molar-refractivity contribution < 1.29 is 4.79 Å². The largest absolute Gasteiger partial charge is 0.332 e. The number of hydrogen-bond acceptors (Lipinski definition) is 2. The Balaban J connectivity index is 2.37. The van der Waals surface area contributed by atoms with E-state index in [0.29, 0.717) is 18.9 Å². The first-order chi connectivity index (χ1) is 7.27. The quantitative estimate of drug-likeness (QED) is 0.680. The van der Waals surface area contributed by atoms with Crippen LogP contribution < -0.4 is 5.32 Å². The van der Waals surface area contributed by atoms with Gasteiger partial charge in [0.1, 0.15) is 0 Å². The van der Waals surface area contributed by atoms with Crippen molar-refractivity contribution in [1.29, 1.82) is 0 Å². The third-order valence-electron chi connectivity index (χ3n) is 2.75. The minimum Gasteiger partial charge on any atom is -0.332 e. The highest BCUT2D eigenvalue weighted by Crippen LogP contribution is 2.13. The molecule has 0 aliphatic carbocycles. The van der Waals surface area contributed by atoms with Crippen molar-refractivity contribution in [1.82, 2.24) is 10.2 Å². The molecule has 0 saturated carbocycles. The lowest BCUT2D eigenvalue weighted by atomic mass is 10.0. The first kappa shape index (κ1) is 12.1. The van der Waals surface area contributed by atoms with Gasteiger partial charge in [0.2, 0.25) is 5.91 Å². The summed E-state index contributed by atoms with van der Waals surface area (Å²) in [6.07, 6.45) is 7.98. The van der Waals surface area contributed by atoms with Gasteiger partial charge >= 0.3 is 0 Å². The van der Waals surface area contributed by atoms with E-state index in [1.54, 1.807) is 4.90 Å². The molecular formula is C12H20N2O. The Morgan fingerprint density at radius 2 is 2.47 bits per heavy atom. The van der Waals surface area contributed by atoms with Gasteiger partial charge in [0, 0.05) is 13.0 Å². The van der Waals surface area contributed by atoms with Gasteiger partial charge in [0.25, 0.3) is 0 Å². The van der Waals surface area contributed by atoms with Crippen LogP contribution in [-0.2, 0) is 4.79 Å². The SMILES string of the molecule is C#CCN(CCC)C(=O)CC1CCNC1. The first-order valence-corrected chi connectivity index (χ1v) is 5.69. The second kappa shape index (κ2) is 6.47. The van der Waals surface area contributed by atoms with Gasteiger partial charge in [-0.2, -0.15) is 0 Å². The summed E-state index contributed by atoms with van der Waals surface area (Å²) in [5.74, 6) is 3.27. The Kier molecular flexibility index (Phi) is 5.20. The van der Waals surface area contributed by atoms with Crippen LogP contribution in [0.3, 0.4) is 0 Å². The Hall–Kier alpha value is -1.01. The average Bonchev–Trinajstić information content (AvgIpc) is 2.70. The minimum atomic E-state index is 0.212. The summed E-state index contributed by atoms with van der Waals surface area (Å²) < 4.78 is 0. The molecule has 0 aromatic heterocycles. The Bertz CT molecular complexity index is 238. The summed E-state index contributed by atoms with van der Waals surface area (Å²) in [5.41, 5.74) is 0. The summed E-state index contributed by atoms with van der Waals surface area (Å²) in [4.78, 5) is 13.7. The molecule has 0 radical (unpaired) electrons. The van der Waals surface area contributed by atoms with E-state index in [1.807, 2.05) is 0 Å². The molecule has 1 saturated heterocycles. The van der Waals surface area contributed by atoms with Crippen molar-refractivity contribution in [2.75, 3.05) is 26.2 Å². The third-order valence-corrected chi connectivity index (χ3v) is 2.75. The van der Waals surface area contributed by atoms with Crippen LogP contribution in [0.2, 0.25) is 0 Å². The molecule has 1 fully saturated rings. The number of amides is 1. The Labute approximate surface area is 92.2 Å². The fraction of sp³-hybridized carbons (Fsp3) is 0.750. The monoisotopic (exact) mass is 208 g/mol. The molecule has 3 heteroatoms. The number of carbonyl (C=O) groups is 1. The predicted octanol–water partition coefficient (Wildman–Crippen LogP) is 0.858. The molecule has 1 rings (SSSR count). The molecule has 1 atom stereocenters. The van der Waals surface area contributed by atoms with Gasteiger partial charge < -0.3 is 10.2 Å². The maximum Gasteiger partial charge on any atom is 0.223 e. The van der Waals surface area contributed by atoms with E-state index in [9.17, 15) is 4.79 Å². The second-order valence-electron chi connectivity index (χ2n) is 4.08. The molecule has 1 heterocycles. The highest BCUT2D eigenvalue weighted by atomic mass is 16.2. The molecule has 0 bridgehead atoms. The number of terminal acetylenes is 1. The summed E-state index contributed by atoms with van der Waals surface area (Å²) in [6.45, 7) is 5.31. The minimum absolute atomic E-state index is 0.212. The lowest BCUT2D eigenvalue weighted by molar-refractivity contribution is -0.131. The topological polar surface area (TPSA) is 32.3 Å². The molecule has 0 aromatic rings. The number of nitrogens with zero attached hydrogens (tertiary/aromatic N) is 1. The van der Waals surface area contributed by atoms with Crippen LogP contribution in [0, 0.1) is 18.3 Å². The van der Waals surface area contributed by atoms with Crippen LogP contribution in [0.4, 0.5) is 0 Å². The maximum atomic E-state index is 11.9. The van der Waals surface area contributed by atoms with Gasteiger partial charge in [0.05, 0.1) is 6.54 Å². The zero-order chi connectivity index (χ0) is 11.1. The molecule has 15 heavy (non-hydrogen) atoms. The van der Waals surface area contributed by atoms with Crippen LogP contribution in [0.1, 0.15) is 26.2 Å². The average molecular weight is 208 g/mol. The lowest BCUT2D eigenvalue weighted by Gasteiger charge is -2.21. The third kappa shape index (κ3) is 3.93. The van der Waals surface area contributed by atoms with Gasteiger partial charge in [-0.3, -0.25) is 4.79 Å². The van der Waals surface area contributed by atoms with E-state index < -0.39 is 0 Å². The van der Waals surface area contributed by atoms with E-state index in [0.717, 1.165) is 32.5 Å². The van der Waals surface area contributed by atoms with Gasteiger partial charge in [-0.15, -0.1) is 6.42 Å². The molecule has 0 spiro atoms. The van der Waals surface area contributed by atoms with E-state index in [2.05, 4.69) is 18.2 Å². The summed E-state index contributed by atoms with van der Waals surface area (Å²) in [6, 6.07) is 0. The highest BCUT2D eigenvalue weighted by molar-refractivity contribution is 5.76. The zero-order valence-corrected chi connectivity index (χ0v) is 9.46. The number of hydrogen-bond donors (Lipinski definition) is 1. The number of nitrogens with one attached hydrogen (secondary N) is 1. The normalized spacial score (nSPS) is 19.9. The lowest BCUT2D eigenvalue weighted by Crippen LogP contribution is -2.33. The summed E-state index contributed by atoms with van der Waals surface area (Å²) >= 11 is 0. The van der Waals surface area contributed by atoms with Crippen molar-refractivity contribution in [3.8, 4) is 12.3 Å². The van der Waals surface area contributed by atoms with Crippen molar-refractivity contribution >= 4 is 5.91 Å². The summed E-state index contributed by atoms with van der Waals surface area (Å²) in [7, 11) is 0. The van der Waals surface area contributed by atoms with E-state index in [-0.39, 0.29) is 5.91 Å². The Morgan fingerprint density at radius 3 is 3.00 bits per heavy atom. The van der Waals surface area contributed by atoms with E-state index in [4.69, 9.17) is 6.42 Å². The van der Waals surface area contributed by atoms with Crippen LogP contribution in [0.25, 0.3) is 0 Å². The molecule has 0 aromatic carbocycles. The number of rotatable bonds is 5. The summed E-state index contributed by atoms with van der Waals surface area (Å²) in [5, 5.41) is 3.27. The van der Waals surface area contributed by atoms with Gasteiger partial charge in [-0.05, 0) is 31.8 Å². The van der Waals surface area contributed by atoms with Crippen molar-refractivity contribution in [3.05, 3.63) is 0 Å². The molecule has 1 aliphatic heterocycles. The zero-order valence-electron chi connectivity index (χ0n) is 9.46.